The van der Waals surface area contributed by atoms with Crippen LogP contribution in [0.2, 0.25) is 0 Å². The first-order chi connectivity index (χ1) is 9.61. The zero-order valence-electron chi connectivity index (χ0n) is 12.6. The standard InChI is InChI=1S/C16H24N2O2/c1-13(18-10-4-9-17(2)11-12-18)16(19)14-5-7-15(20-3)8-6-14/h5-8,13H,4,9-12H2,1-3H3. The van der Waals surface area contributed by atoms with Gasteiger partial charge in [-0.25, -0.2) is 0 Å². The average Bonchev–Trinajstić information content (AvgIpc) is 2.70. The number of ketones is 1. The number of benzene rings is 1. The molecule has 1 atom stereocenters. The highest BCUT2D eigenvalue weighted by Crippen LogP contribution is 2.15. The van der Waals surface area contributed by atoms with Crippen molar-refractivity contribution >= 4 is 5.78 Å². The Bertz CT molecular complexity index is 444. The maximum absolute atomic E-state index is 12.5. The average molecular weight is 276 g/mol. The van der Waals surface area contributed by atoms with Gasteiger partial charge in [-0.3, -0.25) is 9.69 Å². The van der Waals surface area contributed by atoms with E-state index in [9.17, 15) is 4.79 Å². The number of hydrogen-bond acceptors (Lipinski definition) is 4. The van der Waals surface area contributed by atoms with Crippen molar-refractivity contribution in [3.63, 3.8) is 0 Å². The van der Waals surface area contributed by atoms with Crippen molar-refractivity contribution in [1.82, 2.24) is 9.80 Å². The van der Waals surface area contributed by atoms with Gasteiger partial charge in [0.15, 0.2) is 5.78 Å². The zero-order valence-corrected chi connectivity index (χ0v) is 12.6. The summed E-state index contributed by atoms with van der Waals surface area (Å²) in [6.07, 6.45) is 1.12. The molecule has 1 unspecified atom stereocenters. The van der Waals surface area contributed by atoms with Crippen molar-refractivity contribution in [3.05, 3.63) is 29.8 Å². The zero-order chi connectivity index (χ0) is 14.5. The molecule has 0 amide bonds. The van der Waals surface area contributed by atoms with Crippen LogP contribution in [-0.2, 0) is 0 Å². The quantitative estimate of drug-likeness (QED) is 0.786. The summed E-state index contributed by atoms with van der Waals surface area (Å²) in [6.45, 7) is 6.10. The third-order valence-corrected chi connectivity index (χ3v) is 4.06. The van der Waals surface area contributed by atoms with E-state index in [1.807, 2.05) is 31.2 Å². The fraction of sp³-hybridized carbons (Fsp3) is 0.562. The van der Waals surface area contributed by atoms with Gasteiger partial charge in [-0.2, -0.15) is 0 Å². The molecule has 4 nitrogen and oxygen atoms in total. The second kappa shape index (κ2) is 6.86. The Morgan fingerprint density at radius 2 is 1.85 bits per heavy atom. The Hall–Kier alpha value is -1.39. The van der Waals surface area contributed by atoms with E-state index in [-0.39, 0.29) is 11.8 Å². The molecule has 4 heteroatoms. The third kappa shape index (κ3) is 3.58. The number of carbonyl (C=O) groups excluding carboxylic acids is 1. The second-order valence-corrected chi connectivity index (χ2v) is 5.46. The van der Waals surface area contributed by atoms with Crippen LogP contribution in [-0.4, -0.2) is 62.0 Å². The van der Waals surface area contributed by atoms with Gasteiger partial charge < -0.3 is 9.64 Å². The van der Waals surface area contributed by atoms with Crippen LogP contribution in [0.15, 0.2) is 24.3 Å². The fourth-order valence-electron chi connectivity index (χ4n) is 2.62. The van der Waals surface area contributed by atoms with Gasteiger partial charge in [0.25, 0.3) is 0 Å². The van der Waals surface area contributed by atoms with Gasteiger partial charge in [0.05, 0.1) is 13.2 Å². The number of Topliss-reactive ketones (excluding diaryl/α,β-unsaturated/α-hetero) is 1. The summed E-state index contributed by atoms with van der Waals surface area (Å²) in [5.41, 5.74) is 0.760. The van der Waals surface area contributed by atoms with Crippen molar-refractivity contribution in [1.29, 1.82) is 0 Å². The molecule has 1 aliphatic rings. The highest BCUT2D eigenvalue weighted by molar-refractivity contribution is 5.99. The molecule has 0 aromatic heterocycles. The van der Waals surface area contributed by atoms with Gasteiger partial charge in [0.1, 0.15) is 5.75 Å². The number of methoxy groups -OCH3 is 1. The highest BCUT2D eigenvalue weighted by atomic mass is 16.5. The topological polar surface area (TPSA) is 32.8 Å². The normalized spacial score (nSPS) is 19.4. The molecule has 0 N–H and O–H groups in total. The summed E-state index contributed by atoms with van der Waals surface area (Å²) in [5.74, 6) is 0.975. The molecule has 1 fully saturated rings. The van der Waals surface area contributed by atoms with E-state index in [1.165, 1.54) is 0 Å². The van der Waals surface area contributed by atoms with Gasteiger partial charge in [-0.1, -0.05) is 0 Å². The molecule has 1 aromatic rings. The molecule has 1 saturated heterocycles. The van der Waals surface area contributed by atoms with Gasteiger partial charge in [-0.15, -0.1) is 0 Å². The van der Waals surface area contributed by atoms with Crippen LogP contribution in [0.5, 0.6) is 5.75 Å². The van der Waals surface area contributed by atoms with Gasteiger partial charge >= 0.3 is 0 Å². The number of carbonyl (C=O) groups is 1. The molecular weight excluding hydrogens is 252 g/mol. The Balaban J connectivity index is 2.03. The van der Waals surface area contributed by atoms with Crippen LogP contribution in [0, 0.1) is 0 Å². The Morgan fingerprint density at radius 3 is 2.50 bits per heavy atom. The van der Waals surface area contributed by atoms with Crippen molar-refractivity contribution < 1.29 is 9.53 Å². The Kier molecular flexibility index (Phi) is 5.15. The largest absolute Gasteiger partial charge is 0.497 e. The van der Waals surface area contributed by atoms with Crippen LogP contribution in [0.4, 0.5) is 0 Å². The molecule has 0 bridgehead atoms. The van der Waals surface area contributed by atoms with Crippen molar-refractivity contribution in [2.24, 2.45) is 0 Å². The predicted molar refractivity (Wildman–Crippen MR) is 80.5 cm³/mol. The maximum Gasteiger partial charge on any atom is 0.179 e. The third-order valence-electron chi connectivity index (χ3n) is 4.06. The number of nitrogens with zero attached hydrogens (tertiary/aromatic N) is 2. The number of likely N-dealkylation sites (N-methyl/N-ethyl adjacent to an activating group) is 1. The van der Waals surface area contributed by atoms with Crippen molar-refractivity contribution in [3.8, 4) is 5.75 Å². The summed E-state index contributed by atoms with van der Waals surface area (Å²) >= 11 is 0. The molecule has 0 spiro atoms. The lowest BCUT2D eigenvalue weighted by atomic mass is 10.0. The molecule has 1 heterocycles. The molecule has 0 saturated carbocycles. The molecular formula is C16H24N2O2. The van der Waals surface area contributed by atoms with Crippen molar-refractivity contribution in [2.75, 3.05) is 40.3 Å². The number of rotatable bonds is 4. The first-order valence-corrected chi connectivity index (χ1v) is 7.22. The second-order valence-electron chi connectivity index (χ2n) is 5.46. The van der Waals surface area contributed by atoms with Crippen LogP contribution in [0.1, 0.15) is 23.7 Å². The van der Waals surface area contributed by atoms with Crippen LogP contribution < -0.4 is 4.74 Å². The highest BCUT2D eigenvalue weighted by Gasteiger charge is 2.24. The molecule has 0 radical (unpaired) electrons. The molecule has 2 rings (SSSR count). The minimum absolute atomic E-state index is 0.0603. The molecule has 0 aliphatic carbocycles. The molecule has 110 valence electrons. The lowest BCUT2D eigenvalue weighted by molar-refractivity contribution is 0.0843. The van der Waals surface area contributed by atoms with E-state index in [1.54, 1.807) is 7.11 Å². The summed E-state index contributed by atoms with van der Waals surface area (Å²) in [5, 5.41) is 0. The maximum atomic E-state index is 12.5. The number of ether oxygens (including phenoxy) is 1. The summed E-state index contributed by atoms with van der Waals surface area (Å²) in [6, 6.07) is 7.32. The van der Waals surface area contributed by atoms with E-state index in [0.29, 0.717) is 0 Å². The van der Waals surface area contributed by atoms with Gasteiger partial charge in [0, 0.05) is 25.2 Å². The summed E-state index contributed by atoms with van der Waals surface area (Å²) in [7, 11) is 3.77. The van der Waals surface area contributed by atoms with Crippen LogP contribution in [0.3, 0.4) is 0 Å². The first-order valence-electron chi connectivity index (χ1n) is 7.22. The van der Waals surface area contributed by atoms with Gasteiger partial charge in [0.2, 0.25) is 0 Å². The van der Waals surface area contributed by atoms with Crippen LogP contribution in [0.25, 0.3) is 0 Å². The predicted octanol–water partition coefficient (Wildman–Crippen LogP) is 1.90. The van der Waals surface area contributed by atoms with E-state index >= 15 is 0 Å². The Morgan fingerprint density at radius 1 is 1.15 bits per heavy atom. The van der Waals surface area contributed by atoms with E-state index in [4.69, 9.17) is 4.74 Å². The van der Waals surface area contributed by atoms with E-state index < -0.39 is 0 Å². The number of hydrogen-bond donors (Lipinski definition) is 0. The SMILES string of the molecule is COc1ccc(C(=O)C(C)N2CCCN(C)CC2)cc1. The fourth-order valence-corrected chi connectivity index (χ4v) is 2.62. The van der Waals surface area contributed by atoms with E-state index in [0.717, 1.165) is 43.9 Å². The van der Waals surface area contributed by atoms with E-state index in [2.05, 4.69) is 16.8 Å². The van der Waals surface area contributed by atoms with Gasteiger partial charge in [-0.05, 0) is 51.2 Å². The Labute approximate surface area is 121 Å². The van der Waals surface area contributed by atoms with Crippen LogP contribution >= 0.6 is 0 Å². The smallest absolute Gasteiger partial charge is 0.179 e. The summed E-state index contributed by atoms with van der Waals surface area (Å²) in [4.78, 5) is 17.2. The first kappa shape index (κ1) is 15.0. The summed E-state index contributed by atoms with van der Waals surface area (Å²) < 4.78 is 5.13. The minimum atomic E-state index is -0.0603. The van der Waals surface area contributed by atoms with Crippen molar-refractivity contribution in [2.45, 2.75) is 19.4 Å². The lowest BCUT2D eigenvalue weighted by Gasteiger charge is -2.26. The molecule has 1 aliphatic heterocycles. The lowest BCUT2D eigenvalue weighted by Crippen LogP contribution is -2.41. The molecule has 1 aromatic carbocycles. The minimum Gasteiger partial charge on any atom is -0.497 e. The molecule has 20 heavy (non-hydrogen) atoms. The monoisotopic (exact) mass is 276 g/mol.